The SMILES string of the molecule is CC1OCCC1SCCNc1cccc(F)c1. The van der Waals surface area contributed by atoms with Crippen LogP contribution >= 0.6 is 11.8 Å². The van der Waals surface area contributed by atoms with Gasteiger partial charge in [0.2, 0.25) is 0 Å². The zero-order valence-corrected chi connectivity index (χ0v) is 10.8. The first-order valence-electron chi connectivity index (χ1n) is 5.98. The van der Waals surface area contributed by atoms with Gasteiger partial charge in [-0.25, -0.2) is 4.39 Å². The van der Waals surface area contributed by atoms with Crippen LogP contribution in [0.5, 0.6) is 0 Å². The number of hydrogen-bond acceptors (Lipinski definition) is 3. The van der Waals surface area contributed by atoms with Crippen molar-refractivity contribution in [2.24, 2.45) is 0 Å². The third-order valence-electron chi connectivity index (χ3n) is 2.89. The number of ether oxygens (including phenoxy) is 1. The van der Waals surface area contributed by atoms with E-state index in [4.69, 9.17) is 4.74 Å². The van der Waals surface area contributed by atoms with Crippen LogP contribution in [0, 0.1) is 5.82 Å². The number of thioether (sulfide) groups is 1. The van der Waals surface area contributed by atoms with Crippen molar-refractivity contribution < 1.29 is 9.13 Å². The quantitative estimate of drug-likeness (QED) is 0.817. The van der Waals surface area contributed by atoms with Crippen LogP contribution in [-0.2, 0) is 4.74 Å². The van der Waals surface area contributed by atoms with Gasteiger partial charge in [0, 0.05) is 29.8 Å². The first-order valence-corrected chi connectivity index (χ1v) is 7.03. The van der Waals surface area contributed by atoms with Gasteiger partial charge in [-0.3, -0.25) is 0 Å². The molecule has 0 radical (unpaired) electrons. The lowest BCUT2D eigenvalue weighted by molar-refractivity contribution is 0.127. The Morgan fingerprint density at radius 3 is 3.12 bits per heavy atom. The Hall–Kier alpha value is -0.740. The molecule has 0 saturated carbocycles. The zero-order chi connectivity index (χ0) is 12.1. The topological polar surface area (TPSA) is 21.3 Å². The second-order valence-corrected chi connectivity index (χ2v) is 5.56. The highest BCUT2D eigenvalue weighted by Crippen LogP contribution is 2.25. The maximum absolute atomic E-state index is 12.9. The lowest BCUT2D eigenvalue weighted by atomic mass is 10.3. The molecule has 2 rings (SSSR count). The average Bonchev–Trinajstić information content (AvgIpc) is 2.71. The Morgan fingerprint density at radius 1 is 1.53 bits per heavy atom. The number of nitrogens with one attached hydrogen (secondary N) is 1. The Labute approximate surface area is 106 Å². The molecule has 4 heteroatoms. The van der Waals surface area contributed by atoms with Crippen LogP contribution in [0.3, 0.4) is 0 Å². The Morgan fingerprint density at radius 2 is 2.41 bits per heavy atom. The second-order valence-electron chi connectivity index (χ2n) is 4.21. The van der Waals surface area contributed by atoms with E-state index in [0.717, 1.165) is 31.0 Å². The summed E-state index contributed by atoms with van der Waals surface area (Å²) in [6, 6.07) is 6.58. The summed E-state index contributed by atoms with van der Waals surface area (Å²) in [6.07, 6.45) is 1.51. The van der Waals surface area contributed by atoms with E-state index in [0.29, 0.717) is 11.4 Å². The van der Waals surface area contributed by atoms with E-state index in [1.54, 1.807) is 6.07 Å². The van der Waals surface area contributed by atoms with E-state index < -0.39 is 0 Å². The molecule has 17 heavy (non-hydrogen) atoms. The summed E-state index contributed by atoms with van der Waals surface area (Å²) in [6.45, 7) is 3.87. The monoisotopic (exact) mass is 255 g/mol. The van der Waals surface area contributed by atoms with Crippen molar-refractivity contribution in [3.63, 3.8) is 0 Å². The van der Waals surface area contributed by atoms with Gasteiger partial charge < -0.3 is 10.1 Å². The van der Waals surface area contributed by atoms with Crippen molar-refractivity contribution in [2.75, 3.05) is 24.2 Å². The summed E-state index contributed by atoms with van der Waals surface area (Å²) >= 11 is 1.93. The molecule has 1 aliphatic heterocycles. The number of hydrogen-bond donors (Lipinski definition) is 1. The molecule has 0 aromatic heterocycles. The van der Waals surface area contributed by atoms with Crippen LogP contribution in [-0.4, -0.2) is 30.3 Å². The minimum atomic E-state index is -0.194. The van der Waals surface area contributed by atoms with Gasteiger partial charge in [-0.2, -0.15) is 11.8 Å². The first-order chi connectivity index (χ1) is 8.25. The fraction of sp³-hybridized carbons (Fsp3) is 0.538. The van der Waals surface area contributed by atoms with Gasteiger partial charge in [0.25, 0.3) is 0 Å². The smallest absolute Gasteiger partial charge is 0.125 e. The lowest BCUT2D eigenvalue weighted by Gasteiger charge is -2.13. The van der Waals surface area contributed by atoms with Gasteiger partial charge in [0.15, 0.2) is 0 Å². The van der Waals surface area contributed by atoms with E-state index in [1.807, 2.05) is 17.8 Å². The highest BCUT2D eigenvalue weighted by atomic mass is 32.2. The van der Waals surface area contributed by atoms with Gasteiger partial charge in [-0.1, -0.05) is 6.07 Å². The maximum atomic E-state index is 12.9. The van der Waals surface area contributed by atoms with E-state index in [9.17, 15) is 4.39 Å². The molecule has 0 spiro atoms. The molecule has 1 fully saturated rings. The van der Waals surface area contributed by atoms with Crippen LogP contribution in [0.15, 0.2) is 24.3 Å². The van der Waals surface area contributed by atoms with Crippen LogP contribution < -0.4 is 5.32 Å². The summed E-state index contributed by atoms with van der Waals surface area (Å²) in [4.78, 5) is 0. The molecule has 1 heterocycles. The van der Waals surface area contributed by atoms with E-state index in [2.05, 4.69) is 12.2 Å². The summed E-state index contributed by atoms with van der Waals surface area (Å²) in [5.74, 6) is 0.829. The Bertz CT molecular complexity index is 361. The molecule has 1 aromatic carbocycles. The summed E-state index contributed by atoms with van der Waals surface area (Å²) < 4.78 is 18.4. The molecule has 1 saturated heterocycles. The van der Waals surface area contributed by atoms with Gasteiger partial charge in [0.1, 0.15) is 5.82 Å². The summed E-state index contributed by atoms with van der Waals surface area (Å²) in [5.41, 5.74) is 0.848. The molecule has 0 amide bonds. The van der Waals surface area contributed by atoms with Crippen molar-refractivity contribution >= 4 is 17.4 Å². The van der Waals surface area contributed by atoms with Gasteiger partial charge in [-0.05, 0) is 31.5 Å². The van der Waals surface area contributed by atoms with Gasteiger partial charge in [0.05, 0.1) is 6.10 Å². The largest absolute Gasteiger partial charge is 0.384 e. The minimum Gasteiger partial charge on any atom is -0.384 e. The summed E-state index contributed by atoms with van der Waals surface area (Å²) in [7, 11) is 0. The van der Waals surface area contributed by atoms with Crippen molar-refractivity contribution in [1.82, 2.24) is 0 Å². The van der Waals surface area contributed by atoms with Crippen molar-refractivity contribution in [3.05, 3.63) is 30.1 Å². The molecule has 1 N–H and O–H groups in total. The average molecular weight is 255 g/mol. The molecule has 0 aliphatic carbocycles. The molecule has 1 aliphatic rings. The first kappa shape index (κ1) is 12.7. The molecule has 0 bridgehead atoms. The van der Waals surface area contributed by atoms with E-state index in [-0.39, 0.29) is 5.82 Å². The molecule has 2 unspecified atom stereocenters. The standard InChI is InChI=1S/C13H18FNOS/c1-10-13(5-7-16-10)17-8-6-15-12-4-2-3-11(14)9-12/h2-4,9-10,13,15H,5-8H2,1H3. The molecule has 2 nitrogen and oxygen atoms in total. The predicted octanol–water partition coefficient (Wildman–Crippen LogP) is 3.15. The Balaban J connectivity index is 1.66. The molecule has 2 atom stereocenters. The van der Waals surface area contributed by atoms with Crippen LogP contribution in [0.1, 0.15) is 13.3 Å². The second kappa shape index (κ2) is 6.26. The van der Waals surface area contributed by atoms with E-state index >= 15 is 0 Å². The highest BCUT2D eigenvalue weighted by Gasteiger charge is 2.23. The summed E-state index contributed by atoms with van der Waals surface area (Å²) in [5, 5.41) is 3.84. The lowest BCUT2D eigenvalue weighted by Crippen LogP contribution is -2.16. The normalized spacial score (nSPS) is 23.9. The predicted molar refractivity (Wildman–Crippen MR) is 71.2 cm³/mol. The van der Waals surface area contributed by atoms with Crippen LogP contribution in [0.2, 0.25) is 0 Å². The number of anilines is 1. The van der Waals surface area contributed by atoms with Gasteiger partial charge in [-0.15, -0.1) is 0 Å². The van der Waals surface area contributed by atoms with Crippen LogP contribution in [0.4, 0.5) is 10.1 Å². The fourth-order valence-electron chi connectivity index (χ4n) is 1.94. The van der Waals surface area contributed by atoms with Crippen molar-refractivity contribution in [2.45, 2.75) is 24.7 Å². The third kappa shape index (κ3) is 3.89. The molecule has 94 valence electrons. The minimum absolute atomic E-state index is 0.194. The number of rotatable bonds is 5. The maximum Gasteiger partial charge on any atom is 0.125 e. The van der Waals surface area contributed by atoms with Gasteiger partial charge >= 0.3 is 0 Å². The van der Waals surface area contributed by atoms with Crippen molar-refractivity contribution in [1.29, 1.82) is 0 Å². The Kier molecular flexibility index (Phi) is 4.68. The third-order valence-corrected chi connectivity index (χ3v) is 4.38. The van der Waals surface area contributed by atoms with Crippen LogP contribution in [0.25, 0.3) is 0 Å². The molecule has 1 aromatic rings. The number of benzene rings is 1. The van der Waals surface area contributed by atoms with E-state index in [1.165, 1.54) is 12.1 Å². The van der Waals surface area contributed by atoms with Crippen molar-refractivity contribution in [3.8, 4) is 0 Å². The molecular formula is C13H18FNOS. The number of halogens is 1. The highest BCUT2D eigenvalue weighted by molar-refractivity contribution is 8.00. The molecular weight excluding hydrogens is 237 g/mol. The fourth-order valence-corrected chi connectivity index (χ4v) is 3.07. The zero-order valence-electron chi connectivity index (χ0n) is 9.99.